The Balaban J connectivity index is 4.20. The van der Waals surface area contributed by atoms with Gasteiger partial charge in [0.05, 0.1) is 12.0 Å². The van der Waals surface area contributed by atoms with Gasteiger partial charge in [-0.1, -0.05) is 18.1 Å². The number of nitrogens with zero attached hydrogens (tertiary/aromatic N) is 2. The van der Waals surface area contributed by atoms with Crippen LogP contribution in [0.2, 0.25) is 0 Å². The summed E-state index contributed by atoms with van der Waals surface area (Å²) < 4.78 is 10.9. The lowest BCUT2D eigenvalue weighted by molar-refractivity contribution is 0.382. The van der Waals surface area contributed by atoms with E-state index in [2.05, 4.69) is 16.8 Å². The van der Waals surface area contributed by atoms with E-state index in [9.17, 15) is 4.55 Å². The van der Waals surface area contributed by atoms with Gasteiger partial charge in [-0.2, -0.15) is 0 Å². The molecule has 4 heteroatoms. The molecule has 0 saturated carbocycles. The van der Waals surface area contributed by atoms with Crippen LogP contribution in [-0.2, 0) is 11.2 Å². The molecular weight excluding hydrogens is 196 g/mol. The third-order valence-corrected chi connectivity index (χ3v) is 2.46. The van der Waals surface area contributed by atoms with Crippen molar-refractivity contribution in [3.63, 3.8) is 0 Å². The Morgan fingerprint density at radius 2 is 2.21 bits per heavy atom. The molecule has 0 bridgehead atoms. The molecule has 0 rings (SSSR count). The topological polar surface area (TPSA) is 38.7 Å². The van der Waals surface area contributed by atoms with Crippen molar-refractivity contribution in [1.82, 2.24) is 4.90 Å². The molecule has 1 atom stereocenters. The molecule has 0 aromatic heterocycles. The van der Waals surface area contributed by atoms with Crippen LogP contribution in [0.3, 0.4) is 0 Å². The lowest BCUT2D eigenvalue weighted by Gasteiger charge is -2.13. The van der Waals surface area contributed by atoms with Crippen molar-refractivity contribution in [3.05, 3.63) is 11.8 Å². The van der Waals surface area contributed by atoms with Crippen molar-refractivity contribution >= 4 is 17.4 Å². The molecule has 0 saturated heterocycles. The second-order valence-corrected chi connectivity index (χ2v) is 4.63. The summed E-state index contributed by atoms with van der Waals surface area (Å²) in [6, 6.07) is 0. The summed E-state index contributed by atoms with van der Waals surface area (Å²) >= 11 is -0.775. The lowest BCUT2D eigenvalue weighted by Crippen LogP contribution is -2.20. The van der Waals surface area contributed by atoms with E-state index >= 15 is 0 Å². The highest BCUT2D eigenvalue weighted by atomic mass is 32.2. The minimum absolute atomic E-state index is 0.588. The van der Waals surface area contributed by atoms with Gasteiger partial charge in [0.1, 0.15) is 5.75 Å². The number of rotatable bonds is 6. The van der Waals surface area contributed by atoms with Crippen LogP contribution < -0.4 is 0 Å². The second-order valence-electron chi connectivity index (χ2n) is 3.15. The Kier molecular flexibility index (Phi) is 7.84. The summed E-state index contributed by atoms with van der Waals surface area (Å²) in [7, 11) is 2.04. The molecule has 1 unspecified atom stereocenters. The molecule has 0 aliphatic carbocycles. The molecule has 0 spiro atoms. The van der Waals surface area contributed by atoms with E-state index in [1.165, 1.54) is 0 Å². The van der Waals surface area contributed by atoms with Crippen LogP contribution in [0, 0.1) is 0 Å². The molecule has 3 nitrogen and oxygen atoms in total. The zero-order chi connectivity index (χ0) is 11.0. The second kappa shape index (κ2) is 8.03. The van der Waals surface area contributed by atoms with Crippen LogP contribution in [0.15, 0.2) is 16.8 Å². The molecule has 82 valence electrons. The third-order valence-electron chi connectivity index (χ3n) is 1.82. The number of hydrogen-bond acceptors (Lipinski definition) is 3. The van der Waals surface area contributed by atoms with E-state index in [1.807, 2.05) is 20.0 Å². The molecule has 0 radical (unpaired) electrons. The normalized spacial score (nSPS) is 15.4. The molecule has 0 aliphatic rings. The highest BCUT2D eigenvalue weighted by Crippen LogP contribution is 2.00. The summed E-state index contributed by atoms with van der Waals surface area (Å²) in [5, 5.41) is 0. The Morgan fingerprint density at radius 1 is 1.57 bits per heavy atom. The van der Waals surface area contributed by atoms with Crippen molar-refractivity contribution in [2.75, 3.05) is 32.1 Å². The first-order chi connectivity index (χ1) is 6.60. The number of hydrogen-bond donors (Lipinski definition) is 0. The maximum atomic E-state index is 10.9. The lowest BCUT2D eigenvalue weighted by atomic mass is 10.4. The summed E-state index contributed by atoms with van der Waals surface area (Å²) in [4.78, 5) is 6.41. The molecule has 0 aliphatic heterocycles. The zero-order valence-corrected chi connectivity index (χ0v) is 10.3. The monoisotopic (exact) mass is 216 g/mol. The Morgan fingerprint density at radius 3 is 2.64 bits per heavy atom. The first-order valence-electron chi connectivity index (χ1n) is 4.76. The first kappa shape index (κ1) is 13.7. The first-order valence-corrected chi connectivity index (χ1v) is 6.49. The minimum Gasteiger partial charge on any atom is -0.616 e. The summed E-state index contributed by atoms with van der Waals surface area (Å²) in [5.41, 5.74) is 0.993. The van der Waals surface area contributed by atoms with Crippen LogP contribution in [0.4, 0.5) is 0 Å². The summed E-state index contributed by atoms with van der Waals surface area (Å²) in [5.74, 6) is 0.588. The predicted octanol–water partition coefficient (Wildman–Crippen LogP) is 1.29. The molecule has 0 N–H and O–H groups in total. The number of aliphatic imine (C=N–C) groups is 1. The van der Waals surface area contributed by atoms with Crippen molar-refractivity contribution in [2.24, 2.45) is 4.99 Å². The molecular formula is C10H20N2OS. The maximum absolute atomic E-state index is 10.9. The van der Waals surface area contributed by atoms with Gasteiger partial charge in [-0.05, 0) is 26.6 Å². The zero-order valence-electron chi connectivity index (χ0n) is 9.49. The molecule has 0 heterocycles. The highest BCUT2D eigenvalue weighted by molar-refractivity contribution is 7.90. The molecule has 0 aromatic rings. The van der Waals surface area contributed by atoms with Gasteiger partial charge in [-0.15, -0.1) is 0 Å². The van der Waals surface area contributed by atoms with Crippen molar-refractivity contribution in [1.29, 1.82) is 0 Å². The number of likely N-dealkylation sites (N-methyl/N-ethyl adjacent to an activating group) is 1. The van der Waals surface area contributed by atoms with Gasteiger partial charge in [0.2, 0.25) is 0 Å². The summed E-state index contributed by atoms with van der Waals surface area (Å²) in [6.45, 7) is 5.80. The Labute approximate surface area is 90.1 Å². The van der Waals surface area contributed by atoms with Crippen molar-refractivity contribution < 1.29 is 4.55 Å². The standard InChI is InChI=1S/C10H20N2OS/c1-5-11-10(7-8-14(4)13)9-12(3)6-2/h5,7H,6,8-9H2,1-4H3/b10-7-,11-5-. The smallest absolute Gasteiger partial charge is 0.125 e. The van der Waals surface area contributed by atoms with E-state index in [1.54, 1.807) is 12.5 Å². The van der Waals surface area contributed by atoms with E-state index in [0.717, 1.165) is 18.8 Å². The van der Waals surface area contributed by atoms with Crippen LogP contribution in [-0.4, -0.2) is 47.8 Å². The maximum Gasteiger partial charge on any atom is 0.125 e. The molecule has 0 amide bonds. The van der Waals surface area contributed by atoms with Gasteiger partial charge in [-0.25, -0.2) is 0 Å². The fourth-order valence-corrected chi connectivity index (χ4v) is 1.35. The van der Waals surface area contributed by atoms with Crippen molar-refractivity contribution in [2.45, 2.75) is 13.8 Å². The summed E-state index contributed by atoms with van der Waals surface area (Å²) in [6.07, 6.45) is 5.42. The van der Waals surface area contributed by atoms with Crippen LogP contribution in [0.5, 0.6) is 0 Å². The van der Waals surface area contributed by atoms with E-state index in [0.29, 0.717) is 5.75 Å². The van der Waals surface area contributed by atoms with E-state index < -0.39 is 11.2 Å². The van der Waals surface area contributed by atoms with Gasteiger partial charge in [-0.3, -0.25) is 4.99 Å². The van der Waals surface area contributed by atoms with Gasteiger partial charge in [0.25, 0.3) is 0 Å². The quantitative estimate of drug-likeness (QED) is 0.496. The molecule has 14 heavy (non-hydrogen) atoms. The fourth-order valence-electron chi connectivity index (χ4n) is 0.926. The predicted molar refractivity (Wildman–Crippen MR) is 64.4 cm³/mol. The van der Waals surface area contributed by atoms with E-state index in [-0.39, 0.29) is 0 Å². The largest absolute Gasteiger partial charge is 0.616 e. The average molecular weight is 216 g/mol. The SMILES string of the molecule is C/C=N\C(=C/C[S+](C)[O-])CN(C)CC. The Bertz CT molecular complexity index is 202. The van der Waals surface area contributed by atoms with Crippen LogP contribution in [0.1, 0.15) is 13.8 Å². The van der Waals surface area contributed by atoms with Crippen LogP contribution >= 0.6 is 0 Å². The average Bonchev–Trinajstić information content (AvgIpc) is 2.14. The highest BCUT2D eigenvalue weighted by Gasteiger charge is 2.01. The van der Waals surface area contributed by atoms with Gasteiger partial charge < -0.3 is 9.45 Å². The van der Waals surface area contributed by atoms with Gasteiger partial charge >= 0.3 is 0 Å². The third kappa shape index (κ3) is 7.12. The molecule has 0 aromatic carbocycles. The Hall–Kier alpha value is -0.320. The van der Waals surface area contributed by atoms with E-state index in [4.69, 9.17) is 0 Å². The van der Waals surface area contributed by atoms with Gasteiger partial charge in [0, 0.05) is 12.8 Å². The fraction of sp³-hybridized carbons (Fsp3) is 0.700. The van der Waals surface area contributed by atoms with Crippen LogP contribution in [0.25, 0.3) is 0 Å². The van der Waals surface area contributed by atoms with Crippen molar-refractivity contribution in [3.8, 4) is 0 Å². The van der Waals surface area contributed by atoms with Gasteiger partial charge in [0.15, 0.2) is 0 Å². The molecule has 0 fully saturated rings. The minimum atomic E-state index is -0.775.